The summed E-state index contributed by atoms with van der Waals surface area (Å²) in [5, 5.41) is 0. The summed E-state index contributed by atoms with van der Waals surface area (Å²) in [4.78, 5) is 14.6. The predicted molar refractivity (Wildman–Crippen MR) is 83.3 cm³/mol. The van der Waals surface area contributed by atoms with E-state index in [9.17, 15) is 4.79 Å². The molecule has 20 heavy (non-hydrogen) atoms. The van der Waals surface area contributed by atoms with E-state index in [2.05, 4.69) is 13.8 Å². The fraction of sp³-hybridized carbons (Fsp3) is 0.562. The van der Waals surface area contributed by atoms with Crippen LogP contribution in [0.3, 0.4) is 0 Å². The van der Waals surface area contributed by atoms with E-state index < -0.39 is 0 Å². The Bertz CT molecular complexity index is 401. The molecule has 0 aliphatic rings. The average Bonchev–Trinajstić information content (AvgIpc) is 2.51. The maximum absolute atomic E-state index is 12.6. The lowest BCUT2D eigenvalue weighted by molar-refractivity contribution is 0.0589. The first-order valence-corrected chi connectivity index (χ1v) is 7.66. The lowest BCUT2D eigenvalue weighted by Crippen LogP contribution is -2.41. The minimum Gasteiger partial charge on any atom is -0.383 e. The molecule has 112 valence electrons. The van der Waals surface area contributed by atoms with Crippen LogP contribution in [-0.4, -0.2) is 37.1 Å². The lowest BCUT2D eigenvalue weighted by Gasteiger charge is -2.30. The van der Waals surface area contributed by atoms with Crippen molar-refractivity contribution in [3.63, 3.8) is 0 Å². The van der Waals surface area contributed by atoms with Crippen LogP contribution in [0.1, 0.15) is 42.6 Å². The van der Waals surface area contributed by atoms with Crippen LogP contribution in [0.25, 0.3) is 0 Å². The second-order valence-electron chi connectivity index (χ2n) is 4.79. The molecular formula is C16H24ClNO2. The predicted octanol–water partition coefficient (Wildman–Crippen LogP) is 3.70. The summed E-state index contributed by atoms with van der Waals surface area (Å²) in [6.07, 6.45) is 1.90. The van der Waals surface area contributed by atoms with Gasteiger partial charge >= 0.3 is 0 Å². The second-order valence-corrected chi connectivity index (χ2v) is 5.06. The number of nitrogens with zero attached hydrogens (tertiary/aromatic N) is 1. The topological polar surface area (TPSA) is 29.5 Å². The van der Waals surface area contributed by atoms with E-state index in [1.165, 1.54) is 0 Å². The Morgan fingerprint density at radius 3 is 2.30 bits per heavy atom. The summed E-state index contributed by atoms with van der Waals surface area (Å²) in [6, 6.07) is 7.76. The Morgan fingerprint density at radius 1 is 1.25 bits per heavy atom. The Morgan fingerprint density at radius 2 is 1.85 bits per heavy atom. The van der Waals surface area contributed by atoms with Gasteiger partial charge in [0, 0.05) is 31.1 Å². The molecule has 0 atom stereocenters. The third kappa shape index (κ3) is 4.50. The van der Waals surface area contributed by atoms with Crippen molar-refractivity contribution in [3.8, 4) is 0 Å². The van der Waals surface area contributed by atoms with Gasteiger partial charge in [-0.15, -0.1) is 11.6 Å². The number of benzene rings is 1. The van der Waals surface area contributed by atoms with Crippen LogP contribution in [0, 0.1) is 0 Å². The number of ether oxygens (including phenoxy) is 1. The SMILES string of the molecule is CCC(CC)N(CCOC)C(=O)c1ccc(CCl)cc1. The molecule has 0 bridgehead atoms. The van der Waals surface area contributed by atoms with Crippen molar-refractivity contribution in [2.75, 3.05) is 20.3 Å². The molecule has 0 saturated carbocycles. The van der Waals surface area contributed by atoms with Gasteiger partial charge in [0.05, 0.1) is 6.61 Å². The number of halogens is 1. The van der Waals surface area contributed by atoms with Gasteiger partial charge in [-0.1, -0.05) is 26.0 Å². The zero-order valence-corrected chi connectivity index (χ0v) is 13.3. The van der Waals surface area contributed by atoms with Crippen LogP contribution in [0.5, 0.6) is 0 Å². The van der Waals surface area contributed by atoms with Gasteiger partial charge in [0.25, 0.3) is 5.91 Å². The third-order valence-electron chi connectivity index (χ3n) is 3.54. The smallest absolute Gasteiger partial charge is 0.254 e. The fourth-order valence-corrected chi connectivity index (χ4v) is 2.45. The molecule has 0 saturated heterocycles. The Balaban J connectivity index is 2.89. The van der Waals surface area contributed by atoms with Crippen LogP contribution in [0.15, 0.2) is 24.3 Å². The van der Waals surface area contributed by atoms with Gasteiger partial charge in [-0.3, -0.25) is 4.79 Å². The molecule has 1 rings (SSSR count). The molecule has 1 amide bonds. The highest BCUT2D eigenvalue weighted by Crippen LogP contribution is 2.15. The molecule has 0 N–H and O–H groups in total. The molecule has 0 spiro atoms. The molecule has 0 aliphatic carbocycles. The van der Waals surface area contributed by atoms with E-state index in [0.29, 0.717) is 24.6 Å². The van der Waals surface area contributed by atoms with Crippen LogP contribution >= 0.6 is 11.6 Å². The zero-order valence-electron chi connectivity index (χ0n) is 12.6. The molecule has 1 aromatic carbocycles. The van der Waals surface area contributed by atoms with Crippen LogP contribution < -0.4 is 0 Å². The minimum atomic E-state index is 0.0665. The quantitative estimate of drug-likeness (QED) is 0.685. The molecule has 3 nitrogen and oxygen atoms in total. The Labute approximate surface area is 126 Å². The first kappa shape index (κ1) is 17.0. The first-order valence-electron chi connectivity index (χ1n) is 7.12. The van der Waals surface area contributed by atoms with Gasteiger partial charge in [-0.25, -0.2) is 0 Å². The van der Waals surface area contributed by atoms with Crippen molar-refractivity contribution in [1.82, 2.24) is 4.90 Å². The molecule has 0 radical (unpaired) electrons. The van der Waals surface area contributed by atoms with E-state index in [0.717, 1.165) is 18.4 Å². The normalized spacial score (nSPS) is 10.8. The highest BCUT2D eigenvalue weighted by atomic mass is 35.5. The molecule has 1 aromatic rings. The number of hydrogen-bond donors (Lipinski definition) is 0. The van der Waals surface area contributed by atoms with Gasteiger partial charge in [-0.2, -0.15) is 0 Å². The van der Waals surface area contributed by atoms with Crippen molar-refractivity contribution in [2.45, 2.75) is 38.6 Å². The monoisotopic (exact) mass is 297 g/mol. The van der Waals surface area contributed by atoms with Crippen LogP contribution in [-0.2, 0) is 10.6 Å². The molecule has 0 heterocycles. The summed E-state index contributed by atoms with van der Waals surface area (Å²) in [5.74, 6) is 0.533. The summed E-state index contributed by atoms with van der Waals surface area (Å²) >= 11 is 5.77. The Hall–Kier alpha value is -1.06. The van der Waals surface area contributed by atoms with E-state index in [4.69, 9.17) is 16.3 Å². The van der Waals surface area contributed by atoms with Crippen molar-refractivity contribution in [2.24, 2.45) is 0 Å². The molecule has 0 aliphatic heterocycles. The van der Waals surface area contributed by atoms with E-state index in [1.807, 2.05) is 29.2 Å². The maximum Gasteiger partial charge on any atom is 0.254 e. The number of alkyl halides is 1. The lowest BCUT2D eigenvalue weighted by atomic mass is 10.1. The summed E-state index contributed by atoms with van der Waals surface area (Å²) in [7, 11) is 1.66. The highest BCUT2D eigenvalue weighted by Gasteiger charge is 2.21. The van der Waals surface area contributed by atoms with Crippen LogP contribution in [0.4, 0.5) is 0 Å². The van der Waals surface area contributed by atoms with Gasteiger partial charge in [0.2, 0.25) is 0 Å². The minimum absolute atomic E-state index is 0.0665. The van der Waals surface area contributed by atoms with Crippen molar-refractivity contribution in [3.05, 3.63) is 35.4 Å². The fourth-order valence-electron chi connectivity index (χ4n) is 2.27. The van der Waals surface area contributed by atoms with Gasteiger partial charge in [-0.05, 0) is 30.5 Å². The molecule has 0 unspecified atom stereocenters. The zero-order chi connectivity index (χ0) is 15.0. The molecule has 0 aromatic heterocycles. The average molecular weight is 298 g/mol. The molecular weight excluding hydrogens is 274 g/mol. The third-order valence-corrected chi connectivity index (χ3v) is 3.84. The summed E-state index contributed by atoms with van der Waals surface area (Å²) in [5.41, 5.74) is 1.73. The van der Waals surface area contributed by atoms with Crippen LogP contribution in [0.2, 0.25) is 0 Å². The van der Waals surface area contributed by atoms with Gasteiger partial charge in [0.15, 0.2) is 0 Å². The molecule has 0 fully saturated rings. The second kappa shape index (κ2) is 8.98. The highest BCUT2D eigenvalue weighted by molar-refractivity contribution is 6.17. The number of carbonyl (C=O) groups excluding carboxylic acids is 1. The van der Waals surface area contributed by atoms with Crippen molar-refractivity contribution < 1.29 is 9.53 Å². The van der Waals surface area contributed by atoms with Crippen molar-refractivity contribution in [1.29, 1.82) is 0 Å². The van der Waals surface area contributed by atoms with E-state index in [1.54, 1.807) is 7.11 Å². The largest absolute Gasteiger partial charge is 0.383 e. The van der Waals surface area contributed by atoms with E-state index in [-0.39, 0.29) is 11.9 Å². The summed E-state index contributed by atoms with van der Waals surface area (Å²) < 4.78 is 5.12. The van der Waals surface area contributed by atoms with Gasteiger partial charge < -0.3 is 9.64 Å². The molecule has 4 heteroatoms. The number of carbonyl (C=O) groups is 1. The standard InChI is InChI=1S/C16H24ClNO2/c1-4-15(5-2)18(10-11-20-3)16(19)14-8-6-13(12-17)7-9-14/h6-9,15H,4-5,10-12H2,1-3H3. The summed E-state index contributed by atoms with van der Waals surface area (Å²) in [6.45, 7) is 5.40. The first-order chi connectivity index (χ1) is 9.67. The maximum atomic E-state index is 12.6. The Kier molecular flexibility index (Phi) is 7.63. The number of amides is 1. The number of methoxy groups -OCH3 is 1. The van der Waals surface area contributed by atoms with Gasteiger partial charge in [0.1, 0.15) is 0 Å². The number of rotatable bonds is 8. The number of hydrogen-bond acceptors (Lipinski definition) is 2. The van der Waals surface area contributed by atoms with Crippen molar-refractivity contribution >= 4 is 17.5 Å². The van der Waals surface area contributed by atoms with E-state index >= 15 is 0 Å².